The fourth-order valence-corrected chi connectivity index (χ4v) is 1.68. The SMILES string of the molecule is CNCC(=O)NC(c1ccccc1)C(C)C. The Balaban J connectivity index is 2.73. The van der Waals surface area contributed by atoms with Crippen LogP contribution in [0.5, 0.6) is 0 Å². The average molecular weight is 220 g/mol. The van der Waals surface area contributed by atoms with Crippen LogP contribution < -0.4 is 10.6 Å². The molecule has 0 aliphatic carbocycles. The van der Waals surface area contributed by atoms with E-state index in [2.05, 4.69) is 24.5 Å². The third-order valence-corrected chi connectivity index (χ3v) is 2.48. The third kappa shape index (κ3) is 3.66. The monoisotopic (exact) mass is 220 g/mol. The molecule has 3 heteroatoms. The van der Waals surface area contributed by atoms with Gasteiger partial charge in [-0.05, 0) is 18.5 Å². The van der Waals surface area contributed by atoms with E-state index in [-0.39, 0.29) is 11.9 Å². The molecule has 16 heavy (non-hydrogen) atoms. The zero-order valence-corrected chi connectivity index (χ0v) is 10.2. The Morgan fingerprint density at radius 2 is 1.88 bits per heavy atom. The summed E-state index contributed by atoms with van der Waals surface area (Å²) in [4.78, 5) is 11.6. The highest BCUT2D eigenvalue weighted by molar-refractivity contribution is 5.78. The highest BCUT2D eigenvalue weighted by Gasteiger charge is 2.17. The largest absolute Gasteiger partial charge is 0.348 e. The van der Waals surface area contributed by atoms with E-state index >= 15 is 0 Å². The van der Waals surface area contributed by atoms with Gasteiger partial charge in [0.1, 0.15) is 0 Å². The van der Waals surface area contributed by atoms with Crippen LogP contribution in [-0.4, -0.2) is 19.5 Å². The summed E-state index contributed by atoms with van der Waals surface area (Å²) >= 11 is 0. The summed E-state index contributed by atoms with van der Waals surface area (Å²) in [5.74, 6) is 0.410. The van der Waals surface area contributed by atoms with Crippen LogP contribution in [0.4, 0.5) is 0 Å². The van der Waals surface area contributed by atoms with Crippen molar-refractivity contribution in [2.45, 2.75) is 19.9 Å². The van der Waals surface area contributed by atoms with Gasteiger partial charge in [-0.15, -0.1) is 0 Å². The zero-order valence-electron chi connectivity index (χ0n) is 10.2. The van der Waals surface area contributed by atoms with Gasteiger partial charge >= 0.3 is 0 Å². The topological polar surface area (TPSA) is 41.1 Å². The van der Waals surface area contributed by atoms with Gasteiger partial charge in [0.15, 0.2) is 0 Å². The highest BCUT2D eigenvalue weighted by Crippen LogP contribution is 2.20. The van der Waals surface area contributed by atoms with Crippen molar-refractivity contribution in [1.29, 1.82) is 0 Å². The Labute approximate surface area is 97.2 Å². The molecule has 0 radical (unpaired) electrons. The number of likely N-dealkylation sites (N-methyl/N-ethyl adjacent to an activating group) is 1. The van der Waals surface area contributed by atoms with Gasteiger partial charge in [-0.3, -0.25) is 4.79 Å². The number of amides is 1. The number of rotatable bonds is 5. The first-order chi connectivity index (χ1) is 7.65. The minimum absolute atomic E-state index is 0.0325. The van der Waals surface area contributed by atoms with Crippen molar-refractivity contribution < 1.29 is 4.79 Å². The van der Waals surface area contributed by atoms with Gasteiger partial charge in [-0.1, -0.05) is 44.2 Å². The van der Waals surface area contributed by atoms with Gasteiger partial charge in [-0.25, -0.2) is 0 Å². The van der Waals surface area contributed by atoms with Crippen LogP contribution in [0.15, 0.2) is 30.3 Å². The summed E-state index contributed by atoms with van der Waals surface area (Å²) in [6, 6.07) is 10.1. The molecule has 1 unspecified atom stereocenters. The van der Waals surface area contributed by atoms with Gasteiger partial charge < -0.3 is 10.6 Å². The van der Waals surface area contributed by atoms with Crippen molar-refractivity contribution in [3.8, 4) is 0 Å². The number of carbonyl (C=O) groups excluding carboxylic acids is 1. The molecule has 0 aromatic heterocycles. The van der Waals surface area contributed by atoms with Crippen LogP contribution >= 0.6 is 0 Å². The highest BCUT2D eigenvalue weighted by atomic mass is 16.1. The molecule has 1 aromatic rings. The molecule has 2 N–H and O–H groups in total. The van der Waals surface area contributed by atoms with Crippen molar-refractivity contribution >= 4 is 5.91 Å². The maximum Gasteiger partial charge on any atom is 0.234 e. The summed E-state index contributed by atoms with van der Waals surface area (Å²) < 4.78 is 0. The predicted octanol–water partition coefficient (Wildman–Crippen LogP) is 1.72. The van der Waals surface area contributed by atoms with E-state index in [1.165, 1.54) is 0 Å². The first-order valence-corrected chi connectivity index (χ1v) is 5.64. The van der Waals surface area contributed by atoms with Crippen molar-refractivity contribution in [3.05, 3.63) is 35.9 Å². The smallest absolute Gasteiger partial charge is 0.234 e. The third-order valence-electron chi connectivity index (χ3n) is 2.48. The lowest BCUT2D eigenvalue weighted by molar-refractivity contribution is -0.121. The van der Waals surface area contributed by atoms with Gasteiger partial charge in [-0.2, -0.15) is 0 Å². The summed E-state index contributed by atoms with van der Waals surface area (Å²) in [6.07, 6.45) is 0. The molecule has 0 aliphatic rings. The second-order valence-electron chi connectivity index (χ2n) is 4.23. The molecule has 0 saturated heterocycles. The molecular weight excluding hydrogens is 200 g/mol. The van der Waals surface area contributed by atoms with Crippen LogP contribution in [0.2, 0.25) is 0 Å². The van der Waals surface area contributed by atoms with E-state index in [0.717, 1.165) is 5.56 Å². The molecule has 1 amide bonds. The van der Waals surface area contributed by atoms with Crippen LogP contribution in [0.1, 0.15) is 25.5 Å². The Morgan fingerprint density at radius 1 is 1.25 bits per heavy atom. The van der Waals surface area contributed by atoms with E-state index in [1.807, 2.05) is 30.3 Å². The van der Waals surface area contributed by atoms with Gasteiger partial charge in [0.2, 0.25) is 5.91 Å². The molecular formula is C13H20N2O. The summed E-state index contributed by atoms with van der Waals surface area (Å²) in [5.41, 5.74) is 1.15. The fraction of sp³-hybridized carbons (Fsp3) is 0.462. The molecule has 0 fully saturated rings. The van der Waals surface area contributed by atoms with Crippen molar-refractivity contribution in [2.24, 2.45) is 5.92 Å². The van der Waals surface area contributed by atoms with E-state index in [1.54, 1.807) is 7.05 Å². The minimum Gasteiger partial charge on any atom is -0.348 e. The molecule has 1 atom stereocenters. The predicted molar refractivity (Wildman–Crippen MR) is 66.1 cm³/mol. The number of nitrogens with one attached hydrogen (secondary N) is 2. The van der Waals surface area contributed by atoms with Crippen molar-refractivity contribution in [3.63, 3.8) is 0 Å². The molecule has 3 nitrogen and oxygen atoms in total. The zero-order chi connectivity index (χ0) is 12.0. The van der Waals surface area contributed by atoms with Crippen LogP contribution in [-0.2, 0) is 4.79 Å². The molecule has 0 bridgehead atoms. The number of benzene rings is 1. The number of hydrogen-bond donors (Lipinski definition) is 2. The summed E-state index contributed by atoms with van der Waals surface area (Å²) in [5, 5.41) is 5.88. The molecule has 88 valence electrons. The Kier molecular flexibility index (Phi) is 4.99. The van der Waals surface area contributed by atoms with Gasteiger partial charge in [0.05, 0.1) is 12.6 Å². The molecule has 1 rings (SSSR count). The van der Waals surface area contributed by atoms with E-state index in [4.69, 9.17) is 0 Å². The van der Waals surface area contributed by atoms with E-state index < -0.39 is 0 Å². The average Bonchev–Trinajstić information content (AvgIpc) is 2.27. The van der Waals surface area contributed by atoms with Crippen molar-refractivity contribution in [1.82, 2.24) is 10.6 Å². The second-order valence-corrected chi connectivity index (χ2v) is 4.23. The quantitative estimate of drug-likeness (QED) is 0.793. The number of hydrogen-bond acceptors (Lipinski definition) is 2. The maximum absolute atomic E-state index is 11.6. The Hall–Kier alpha value is -1.35. The molecule has 1 aromatic carbocycles. The van der Waals surface area contributed by atoms with Gasteiger partial charge in [0, 0.05) is 0 Å². The Morgan fingerprint density at radius 3 is 2.38 bits per heavy atom. The van der Waals surface area contributed by atoms with E-state index in [0.29, 0.717) is 12.5 Å². The lowest BCUT2D eigenvalue weighted by Crippen LogP contribution is -2.37. The first-order valence-electron chi connectivity index (χ1n) is 5.64. The maximum atomic E-state index is 11.6. The lowest BCUT2D eigenvalue weighted by atomic mass is 9.96. The van der Waals surface area contributed by atoms with E-state index in [9.17, 15) is 4.79 Å². The molecule has 0 spiro atoms. The molecule has 0 saturated carbocycles. The first kappa shape index (κ1) is 12.7. The van der Waals surface area contributed by atoms with Gasteiger partial charge in [0.25, 0.3) is 0 Å². The fourth-order valence-electron chi connectivity index (χ4n) is 1.68. The van der Waals surface area contributed by atoms with Crippen LogP contribution in [0.25, 0.3) is 0 Å². The standard InChI is InChI=1S/C13H20N2O/c1-10(2)13(15-12(16)9-14-3)11-7-5-4-6-8-11/h4-8,10,13-14H,9H2,1-3H3,(H,15,16). The minimum atomic E-state index is 0.0325. The number of carbonyl (C=O) groups is 1. The Bertz CT molecular complexity index is 322. The van der Waals surface area contributed by atoms with Crippen LogP contribution in [0.3, 0.4) is 0 Å². The normalized spacial score (nSPS) is 12.5. The molecule has 0 aliphatic heterocycles. The van der Waals surface area contributed by atoms with Crippen molar-refractivity contribution in [2.75, 3.05) is 13.6 Å². The molecule has 0 heterocycles. The second kappa shape index (κ2) is 6.28. The summed E-state index contributed by atoms with van der Waals surface area (Å²) in [7, 11) is 1.77. The summed E-state index contributed by atoms with van der Waals surface area (Å²) in [6.45, 7) is 4.57. The lowest BCUT2D eigenvalue weighted by Gasteiger charge is -2.22. The van der Waals surface area contributed by atoms with Crippen LogP contribution in [0, 0.1) is 5.92 Å².